The quantitative estimate of drug-likeness (QED) is 0.684. The molecule has 0 aliphatic rings. The van der Waals surface area contributed by atoms with Gasteiger partial charge in [0.1, 0.15) is 0 Å². The maximum Gasteiger partial charge on any atom is 0.238 e. The van der Waals surface area contributed by atoms with E-state index in [0.29, 0.717) is 13.0 Å². The first-order valence-corrected chi connectivity index (χ1v) is 7.91. The fourth-order valence-electron chi connectivity index (χ4n) is 1.60. The standard InChI is InChI=1S/C13H21N3O3S/c1-9(2)12(14)13(17)16-8-7-10-3-5-11(6-4-10)20(15,18)19/h3-6,9,12H,7-8,14H2,1-2H3,(H,16,17)(H2,15,18,19). The lowest BCUT2D eigenvalue weighted by Gasteiger charge is -2.15. The van der Waals surface area contributed by atoms with Crippen molar-refractivity contribution >= 4 is 15.9 Å². The van der Waals surface area contributed by atoms with Gasteiger partial charge in [0.05, 0.1) is 10.9 Å². The molecule has 0 fully saturated rings. The van der Waals surface area contributed by atoms with Gasteiger partial charge in [-0.05, 0) is 30.0 Å². The monoisotopic (exact) mass is 299 g/mol. The predicted octanol–water partition coefficient (Wildman–Crippen LogP) is -0.0240. The molecule has 1 amide bonds. The van der Waals surface area contributed by atoms with Gasteiger partial charge in [-0.2, -0.15) is 0 Å². The average molecular weight is 299 g/mol. The Bertz CT molecular complexity index is 553. The molecular weight excluding hydrogens is 278 g/mol. The van der Waals surface area contributed by atoms with Crippen molar-refractivity contribution in [1.82, 2.24) is 5.32 Å². The van der Waals surface area contributed by atoms with Crippen LogP contribution in [0, 0.1) is 5.92 Å². The van der Waals surface area contributed by atoms with Crippen LogP contribution in [0.1, 0.15) is 19.4 Å². The first kappa shape index (κ1) is 16.6. The van der Waals surface area contributed by atoms with E-state index in [2.05, 4.69) is 5.32 Å². The van der Waals surface area contributed by atoms with Crippen molar-refractivity contribution in [2.45, 2.75) is 31.2 Å². The van der Waals surface area contributed by atoms with Gasteiger partial charge >= 0.3 is 0 Å². The van der Waals surface area contributed by atoms with E-state index in [9.17, 15) is 13.2 Å². The summed E-state index contributed by atoms with van der Waals surface area (Å²) in [6.07, 6.45) is 0.599. The second-order valence-corrected chi connectivity index (χ2v) is 6.56. The van der Waals surface area contributed by atoms with Crippen molar-refractivity contribution in [2.24, 2.45) is 16.8 Å². The molecule has 1 atom stereocenters. The van der Waals surface area contributed by atoms with Crippen LogP contribution in [-0.2, 0) is 21.2 Å². The van der Waals surface area contributed by atoms with Gasteiger partial charge < -0.3 is 11.1 Å². The number of nitrogens with one attached hydrogen (secondary N) is 1. The largest absolute Gasteiger partial charge is 0.354 e. The molecule has 20 heavy (non-hydrogen) atoms. The number of nitrogens with two attached hydrogens (primary N) is 2. The highest BCUT2D eigenvalue weighted by Crippen LogP contribution is 2.09. The van der Waals surface area contributed by atoms with E-state index in [-0.39, 0.29) is 16.7 Å². The zero-order valence-corrected chi connectivity index (χ0v) is 12.5. The third-order valence-corrected chi connectivity index (χ3v) is 3.92. The van der Waals surface area contributed by atoms with Crippen molar-refractivity contribution in [1.29, 1.82) is 0 Å². The van der Waals surface area contributed by atoms with Crippen molar-refractivity contribution in [3.05, 3.63) is 29.8 Å². The molecule has 0 aliphatic carbocycles. The first-order chi connectivity index (χ1) is 9.21. The van der Waals surface area contributed by atoms with Gasteiger partial charge in [0.15, 0.2) is 0 Å². The average Bonchev–Trinajstić information content (AvgIpc) is 2.37. The van der Waals surface area contributed by atoms with Crippen LogP contribution >= 0.6 is 0 Å². The number of carbonyl (C=O) groups excluding carboxylic acids is 1. The number of rotatable bonds is 6. The molecule has 7 heteroatoms. The summed E-state index contributed by atoms with van der Waals surface area (Å²) in [5.41, 5.74) is 6.63. The number of sulfonamides is 1. The molecule has 0 radical (unpaired) electrons. The molecule has 1 rings (SSSR count). The van der Waals surface area contributed by atoms with E-state index >= 15 is 0 Å². The molecule has 0 spiro atoms. The van der Waals surface area contributed by atoms with Crippen LogP contribution in [0.25, 0.3) is 0 Å². The Morgan fingerprint density at radius 1 is 1.25 bits per heavy atom. The molecule has 0 heterocycles. The lowest BCUT2D eigenvalue weighted by molar-refractivity contribution is -0.123. The van der Waals surface area contributed by atoms with Crippen molar-refractivity contribution in [2.75, 3.05) is 6.54 Å². The molecule has 1 aromatic rings. The number of benzene rings is 1. The van der Waals surface area contributed by atoms with Gasteiger partial charge in [-0.1, -0.05) is 26.0 Å². The third kappa shape index (κ3) is 4.92. The van der Waals surface area contributed by atoms with E-state index in [4.69, 9.17) is 10.9 Å². The van der Waals surface area contributed by atoms with Gasteiger partial charge in [-0.25, -0.2) is 13.6 Å². The molecule has 5 N–H and O–H groups in total. The highest BCUT2D eigenvalue weighted by molar-refractivity contribution is 7.89. The fraction of sp³-hybridized carbons (Fsp3) is 0.462. The Labute approximate surface area is 119 Å². The zero-order chi connectivity index (χ0) is 15.3. The van der Waals surface area contributed by atoms with Crippen molar-refractivity contribution < 1.29 is 13.2 Å². The number of amides is 1. The normalized spacial score (nSPS) is 13.2. The lowest BCUT2D eigenvalue weighted by atomic mass is 10.0. The summed E-state index contributed by atoms with van der Waals surface area (Å²) >= 11 is 0. The van der Waals surface area contributed by atoms with Crippen LogP contribution in [0.3, 0.4) is 0 Å². The Hall–Kier alpha value is -1.44. The Balaban J connectivity index is 2.49. The molecule has 1 aromatic carbocycles. The van der Waals surface area contributed by atoms with E-state index in [0.717, 1.165) is 5.56 Å². The molecule has 112 valence electrons. The Kier molecular flexibility index (Phi) is 5.67. The van der Waals surface area contributed by atoms with Gasteiger partial charge in [-0.3, -0.25) is 4.79 Å². The summed E-state index contributed by atoms with van der Waals surface area (Å²) in [6.45, 7) is 4.22. The van der Waals surface area contributed by atoms with E-state index in [1.54, 1.807) is 12.1 Å². The van der Waals surface area contributed by atoms with Crippen molar-refractivity contribution in [3.63, 3.8) is 0 Å². The van der Waals surface area contributed by atoms with Crippen LogP contribution in [-0.4, -0.2) is 26.9 Å². The molecule has 0 saturated carbocycles. The SMILES string of the molecule is CC(C)C(N)C(=O)NCCc1ccc(S(N)(=O)=O)cc1. The Morgan fingerprint density at radius 2 is 1.80 bits per heavy atom. The van der Waals surface area contributed by atoms with Gasteiger partial charge in [0.2, 0.25) is 15.9 Å². The van der Waals surface area contributed by atoms with Crippen molar-refractivity contribution in [3.8, 4) is 0 Å². The lowest BCUT2D eigenvalue weighted by Crippen LogP contribution is -2.44. The number of hydrogen-bond donors (Lipinski definition) is 3. The summed E-state index contributed by atoms with van der Waals surface area (Å²) in [6, 6.07) is 5.74. The fourth-order valence-corrected chi connectivity index (χ4v) is 2.11. The van der Waals surface area contributed by atoms with Gasteiger partial charge in [0, 0.05) is 6.54 Å². The zero-order valence-electron chi connectivity index (χ0n) is 11.7. The topological polar surface area (TPSA) is 115 Å². The molecule has 0 aromatic heterocycles. The molecule has 6 nitrogen and oxygen atoms in total. The van der Waals surface area contributed by atoms with E-state index in [1.807, 2.05) is 13.8 Å². The highest BCUT2D eigenvalue weighted by Gasteiger charge is 2.16. The summed E-state index contributed by atoms with van der Waals surface area (Å²) < 4.78 is 22.2. The Morgan fingerprint density at radius 3 is 2.25 bits per heavy atom. The van der Waals surface area contributed by atoms with Gasteiger partial charge in [-0.15, -0.1) is 0 Å². The minimum absolute atomic E-state index is 0.0760. The van der Waals surface area contributed by atoms with E-state index in [1.165, 1.54) is 12.1 Å². The number of primary sulfonamides is 1. The smallest absolute Gasteiger partial charge is 0.238 e. The predicted molar refractivity (Wildman–Crippen MR) is 77.3 cm³/mol. The minimum atomic E-state index is -3.66. The molecule has 0 saturated heterocycles. The number of carbonyl (C=O) groups is 1. The third-order valence-electron chi connectivity index (χ3n) is 2.99. The number of hydrogen-bond acceptors (Lipinski definition) is 4. The summed E-state index contributed by atoms with van der Waals surface area (Å²) in [7, 11) is -3.66. The van der Waals surface area contributed by atoms with Crippen LogP contribution in [0.4, 0.5) is 0 Å². The maximum atomic E-state index is 11.6. The van der Waals surface area contributed by atoms with Gasteiger partial charge in [0.25, 0.3) is 0 Å². The first-order valence-electron chi connectivity index (χ1n) is 6.37. The minimum Gasteiger partial charge on any atom is -0.354 e. The molecule has 0 aliphatic heterocycles. The summed E-state index contributed by atoms with van der Waals surface area (Å²) in [5.74, 6) is -0.0924. The van der Waals surface area contributed by atoms with Crippen LogP contribution in [0.15, 0.2) is 29.2 Å². The molecule has 1 unspecified atom stereocenters. The summed E-state index contributed by atoms with van der Waals surface area (Å²) in [5, 5.41) is 7.76. The second-order valence-electron chi connectivity index (χ2n) is 5.00. The van der Waals surface area contributed by atoms with Crippen LogP contribution in [0.2, 0.25) is 0 Å². The highest BCUT2D eigenvalue weighted by atomic mass is 32.2. The molecular formula is C13H21N3O3S. The maximum absolute atomic E-state index is 11.6. The summed E-state index contributed by atoms with van der Waals surface area (Å²) in [4.78, 5) is 11.7. The second kappa shape index (κ2) is 6.83. The van der Waals surface area contributed by atoms with E-state index < -0.39 is 16.1 Å². The van der Waals surface area contributed by atoms with Crippen LogP contribution in [0.5, 0.6) is 0 Å². The molecule has 0 bridgehead atoms. The van der Waals surface area contributed by atoms with Crippen LogP contribution < -0.4 is 16.2 Å².